The van der Waals surface area contributed by atoms with Crippen molar-refractivity contribution in [3.8, 4) is 11.5 Å². The zero-order valence-electron chi connectivity index (χ0n) is 24.6. The molecule has 4 N–H and O–H groups in total. The second kappa shape index (κ2) is 14.4. The Labute approximate surface area is 246 Å². The van der Waals surface area contributed by atoms with Crippen LogP contribution in [0.2, 0.25) is 0 Å². The van der Waals surface area contributed by atoms with Crippen molar-refractivity contribution in [1.29, 1.82) is 0 Å². The molecule has 3 rings (SSSR count). The number of anilines is 1. The first-order valence-corrected chi connectivity index (χ1v) is 13.6. The van der Waals surface area contributed by atoms with E-state index in [2.05, 4.69) is 10.6 Å². The first kappa shape index (κ1) is 32.0. The molecule has 3 aromatic rings. The van der Waals surface area contributed by atoms with E-state index < -0.39 is 42.2 Å². The molecule has 0 spiro atoms. The predicted octanol–water partition coefficient (Wildman–Crippen LogP) is 4.35. The van der Waals surface area contributed by atoms with Crippen LogP contribution in [-0.2, 0) is 20.7 Å². The predicted molar refractivity (Wildman–Crippen MR) is 159 cm³/mol. The molecule has 3 amide bonds. The smallest absolute Gasteiger partial charge is 0.408 e. The summed E-state index contributed by atoms with van der Waals surface area (Å²) < 4.78 is 10.6. The number of ether oxygens (including phenoxy) is 2. The highest BCUT2D eigenvalue weighted by Crippen LogP contribution is 2.29. The fraction of sp³-hybridized carbons (Fsp3) is 0.344. The highest BCUT2D eigenvalue weighted by Gasteiger charge is 2.36. The number of aryl methyl sites for hydroxylation is 1. The average Bonchev–Trinajstić information content (AvgIpc) is 2.94. The van der Waals surface area contributed by atoms with E-state index in [0.29, 0.717) is 22.6 Å². The number of carbonyl (C=O) groups excluding carboxylic acids is 3. The molecule has 0 radical (unpaired) electrons. The second-order valence-electron chi connectivity index (χ2n) is 10.8. The normalized spacial score (nSPS) is 12.5. The lowest BCUT2D eigenvalue weighted by atomic mass is 9.98. The SMILES string of the molecule is COc1ccc(NC(=O)C(c2ccc(O)c(C)c2)N(CCO)C(=O)C(Cc2ccccc2)NC(=O)OC(C)(C)C)cc1. The summed E-state index contributed by atoms with van der Waals surface area (Å²) >= 11 is 0. The van der Waals surface area contributed by atoms with Crippen molar-refractivity contribution in [2.45, 2.75) is 51.8 Å². The lowest BCUT2D eigenvalue weighted by Gasteiger charge is -2.34. The quantitative estimate of drug-likeness (QED) is 0.266. The van der Waals surface area contributed by atoms with Gasteiger partial charge in [-0.05, 0) is 80.8 Å². The van der Waals surface area contributed by atoms with Crippen LogP contribution in [-0.4, -0.2) is 64.9 Å². The van der Waals surface area contributed by atoms with E-state index in [1.807, 2.05) is 30.3 Å². The van der Waals surface area contributed by atoms with Crippen LogP contribution in [0, 0.1) is 6.92 Å². The number of rotatable bonds is 11. The number of nitrogens with zero attached hydrogens (tertiary/aromatic N) is 1. The number of methoxy groups -OCH3 is 1. The van der Waals surface area contributed by atoms with Gasteiger partial charge in [0.2, 0.25) is 5.91 Å². The maximum atomic E-state index is 14.2. The molecule has 0 aliphatic rings. The molecule has 10 nitrogen and oxygen atoms in total. The number of amides is 3. The minimum Gasteiger partial charge on any atom is -0.508 e. The van der Waals surface area contributed by atoms with Gasteiger partial charge in [0.05, 0.1) is 13.7 Å². The van der Waals surface area contributed by atoms with Gasteiger partial charge in [-0.3, -0.25) is 9.59 Å². The molecule has 0 aliphatic heterocycles. The number of hydrogen-bond donors (Lipinski definition) is 4. The Bertz CT molecular complexity index is 1350. The van der Waals surface area contributed by atoms with Gasteiger partial charge >= 0.3 is 6.09 Å². The van der Waals surface area contributed by atoms with Crippen LogP contribution in [0.1, 0.15) is 43.5 Å². The zero-order valence-corrected chi connectivity index (χ0v) is 24.6. The van der Waals surface area contributed by atoms with Gasteiger partial charge in [0.1, 0.15) is 29.2 Å². The van der Waals surface area contributed by atoms with Crippen LogP contribution in [0.5, 0.6) is 11.5 Å². The summed E-state index contributed by atoms with van der Waals surface area (Å²) in [5.74, 6) is -0.517. The number of aliphatic hydroxyl groups is 1. The molecule has 0 bridgehead atoms. The van der Waals surface area contributed by atoms with Crippen LogP contribution in [0.15, 0.2) is 72.8 Å². The van der Waals surface area contributed by atoms with Crippen LogP contribution in [0.3, 0.4) is 0 Å². The Morgan fingerprint density at radius 1 is 0.976 bits per heavy atom. The minimum atomic E-state index is -1.22. The number of nitrogens with one attached hydrogen (secondary N) is 2. The first-order valence-electron chi connectivity index (χ1n) is 13.6. The third kappa shape index (κ3) is 8.97. The van der Waals surface area contributed by atoms with E-state index in [-0.39, 0.29) is 18.7 Å². The van der Waals surface area contributed by atoms with E-state index in [4.69, 9.17) is 9.47 Å². The molecular formula is C32H39N3O7. The number of phenols is 1. The molecular weight excluding hydrogens is 538 g/mol. The van der Waals surface area contributed by atoms with E-state index in [1.165, 1.54) is 18.1 Å². The van der Waals surface area contributed by atoms with Gasteiger partial charge in [0.25, 0.3) is 5.91 Å². The molecule has 0 heterocycles. The number of carbonyl (C=O) groups is 3. The van der Waals surface area contributed by atoms with Crippen LogP contribution >= 0.6 is 0 Å². The van der Waals surface area contributed by atoms with Crippen molar-refractivity contribution < 1.29 is 34.1 Å². The van der Waals surface area contributed by atoms with Crippen molar-refractivity contribution in [3.63, 3.8) is 0 Å². The first-order chi connectivity index (χ1) is 19.9. The van der Waals surface area contributed by atoms with Crippen molar-refractivity contribution in [1.82, 2.24) is 10.2 Å². The fourth-order valence-electron chi connectivity index (χ4n) is 4.38. The Kier molecular flexibility index (Phi) is 10.9. The third-order valence-corrected chi connectivity index (χ3v) is 6.35. The number of alkyl carbamates (subject to hydrolysis) is 1. The van der Waals surface area contributed by atoms with E-state index in [9.17, 15) is 24.6 Å². The molecule has 2 unspecified atom stereocenters. The second-order valence-corrected chi connectivity index (χ2v) is 10.8. The summed E-state index contributed by atoms with van der Waals surface area (Å²) in [4.78, 5) is 42.2. The van der Waals surface area contributed by atoms with Gasteiger partial charge in [-0.15, -0.1) is 0 Å². The number of aliphatic hydroxyl groups excluding tert-OH is 1. The van der Waals surface area contributed by atoms with Gasteiger partial charge in [-0.25, -0.2) is 4.79 Å². The highest BCUT2D eigenvalue weighted by atomic mass is 16.6. The molecule has 224 valence electrons. The average molecular weight is 578 g/mol. The Balaban J connectivity index is 2.04. The molecule has 0 saturated carbocycles. The van der Waals surface area contributed by atoms with E-state index in [0.717, 1.165) is 5.56 Å². The van der Waals surface area contributed by atoms with Crippen LogP contribution < -0.4 is 15.4 Å². The van der Waals surface area contributed by atoms with Crippen molar-refractivity contribution in [2.75, 3.05) is 25.6 Å². The molecule has 0 fully saturated rings. The summed E-state index contributed by atoms with van der Waals surface area (Å²) in [6, 6.07) is 18.1. The lowest BCUT2D eigenvalue weighted by Crippen LogP contribution is -2.53. The molecule has 42 heavy (non-hydrogen) atoms. The topological polar surface area (TPSA) is 137 Å². The molecule has 0 aromatic heterocycles. The minimum absolute atomic E-state index is 0.0293. The van der Waals surface area contributed by atoms with Gasteiger partial charge in [0.15, 0.2) is 0 Å². The zero-order chi connectivity index (χ0) is 30.9. The number of phenolic OH excluding ortho intramolecular Hbond substituents is 1. The van der Waals surface area contributed by atoms with Gasteiger partial charge in [-0.2, -0.15) is 0 Å². The molecule has 0 aliphatic carbocycles. The largest absolute Gasteiger partial charge is 0.508 e. The maximum absolute atomic E-state index is 14.2. The molecule has 2 atom stereocenters. The maximum Gasteiger partial charge on any atom is 0.408 e. The van der Waals surface area contributed by atoms with Crippen LogP contribution in [0.4, 0.5) is 10.5 Å². The summed E-state index contributed by atoms with van der Waals surface area (Å²) in [6.07, 6.45) is -0.678. The summed E-state index contributed by atoms with van der Waals surface area (Å²) in [6.45, 7) is 6.17. The highest BCUT2D eigenvalue weighted by molar-refractivity contribution is 5.99. The van der Waals surface area contributed by atoms with Gasteiger partial charge < -0.3 is 35.2 Å². The molecule has 0 saturated heterocycles. The van der Waals surface area contributed by atoms with Crippen molar-refractivity contribution in [2.24, 2.45) is 0 Å². The fourth-order valence-corrected chi connectivity index (χ4v) is 4.38. The Hall–Kier alpha value is -4.57. The van der Waals surface area contributed by atoms with Crippen LogP contribution in [0.25, 0.3) is 0 Å². The standard InChI is InChI=1S/C32H39N3O7/c1-21-19-23(11-16-27(21)37)28(29(38)33-24-12-14-25(41-5)15-13-24)35(17-18-36)30(39)26(20-22-9-7-6-8-10-22)34-31(40)42-32(2,3)4/h6-16,19,26,28,36-37H,17-18,20H2,1-5H3,(H,33,38)(H,34,40). The number of benzene rings is 3. The summed E-state index contributed by atoms with van der Waals surface area (Å²) in [5.41, 5.74) is 1.34. The van der Waals surface area contributed by atoms with E-state index >= 15 is 0 Å². The molecule has 3 aromatic carbocycles. The number of aromatic hydroxyl groups is 1. The monoisotopic (exact) mass is 577 g/mol. The van der Waals surface area contributed by atoms with Crippen molar-refractivity contribution in [3.05, 3.63) is 89.5 Å². The number of hydrogen-bond acceptors (Lipinski definition) is 7. The Morgan fingerprint density at radius 3 is 2.21 bits per heavy atom. The van der Waals surface area contributed by atoms with E-state index in [1.54, 1.807) is 64.1 Å². The summed E-state index contributed by atoms with van der Waals surface area (Å²) in [5, 5.41) is 25.7. The molecule has 10 heteroatoms. The van der Waals surface area contributed by atoms with Gasteiger partial charge in [0, 0.05) is 18.7 Å². The third-order valence-electron chi connectivity index (χ3n) is 6.35. The van der Waals surface area contributed by atoms with Crippen molar-refractivity contribution >= 4 is 23.6 Å². The lowest BCUT2D eigenvalue weighted by molar-refractivity contribution is -0.141. The van der Waals surface area contributed by atoms with Gasteiger partial charge in [-0.1, -0.05) is 36.4 Å². The summed E-state index contributed by atoms with van der Waals surface area (Å²) in [7, 11) is 1.53. The Morgan fingerprint density at radius 2 is 1.64 bits per heavy atom.